The first-order valence-corrected chi connectivity index (χ1v) is 6.11. The van der Waals surface area contributed by atoms with Crippen LogP contribution in [0.5, 0.6) is 0 Å². The maximum Gasteiger partial charge on any atom is 0.312 e. The SMILES string of the molecule is [2H]C([2H])([2H])C(C)(C)SCC1(C(=O)OC)CCC([2H])([2H])C([2H])([2H])C1([2H])[2H]. The van der Waals surface area contributed by atoms with Crippen LogP contribution in [0.25, 0.3) is 0 Å². The van der Waals surface area contributed by atoms with E-state index in [1.165, 1.54) is 13.8 Å². The summed E-state index contributed by atoms with van der Waals surface area (Å²) in [4.78, 5) is 12.5. The first-order valence-electron chi connectivity index (χ1n) is 9.62. The number of ether oxygens (including phenoxy) is 1. The fraction of sp³-hybridized carbons (Fsp3) is 0.923. The normalized spacial score (nSPS) is 45.1. The Kier molecular flexibility index (Phi) is 1.92. The van der Waals surface area contributed by atoms with E-state index in [1.807, 2.05) is 0 Å². The topological polar surface area (TPSA) is 26.3 Å². The predicted molar refractivity (Wildman–Crippen MR) is 69.7 cm³/mol. The van der Waals surface area contributed by atoms with Gasteiger partial charge in [-0.15, -0.1) is 0 Å². The Morgan fingerprint density at radius 1 is 1.62 bits per heavy atom. The summed E-state index contributed by atoms with van der Waals surface area (Å²) in [6.07, 6.45) is -8.94. The molecule has 0 aliphatic heterocycles. The maximum absolute atomic E-state index is 12.5. The maximum atomic E-state index is 12.5. The van der Waals surface area contributed by atoms with Gasteiger partial charge in [0, 0.05) is 22.8 Å². The highest BCUT2D eigenvalue weighted by Crippen LogP contribution is 2.42. The van der Waals surface area contributed by atoms with Crippen LogP contribution in [0.2, 0.25) is 0 Å². The largest absolute Gasteiger partial charge is 0.469 e. The number of hydrogen-bond acceptors (Lipinski definition) is 3. The van der Waals surface area contributed by atoms with E-state index in [1.54, 1.807) is 0 Å². The number of hydrogen-bond donors (Lipinski definition) is 0. The summed E-state index contributed by atoms with van der Waals surface area (Å²) in [6, 6.07) is 0. The monoisotopic (exact) mass is 253 g/mol. The van der Waals surface area contributed by atoms with Crippen molar-refractivity contribution in [2.75, 3.05) is 12.9 Å². The molecule has 0 saturated heterocycles. The predicted octanol–water partition coefficient (Wildman–Crippen LogP) is 3.64. The van der Waals surface area contributed by atoms with Crippen molar-refractivity contribution in [2.24, 2.45) is 5.41 Å². The molecule has 1 rings (SSSR count). The Morgan fingerprint density at radius 3 is 3.00 bits per heavy atom. The van der Waals surface area contributed by atoms with Crippen LogP contribution >= 0.6 is 11.8 Å². The number of esters is 1. The molecule has 1 unspecified atom stereocenters. The second kappa shape index (κ2) is 5.44. The van der Waals surface area contributed by atoms with Crippen molar-refractivity contribution in [2.45, 2.75) is 57.4 Å². The molecule has 16 heavy (non-hydrogen) atoms. The van der Waals surface area contributed by atoms with E-state index in [0.29, 0.717) is 0 Å². The molecule has 1 fully saturated rings. The summed E-state index contributed by atoms with van der Waals surface area (Å²) in [5.41, 5.74) is -1.98. The highest BCUT2D eigenvalue weighted by atomic mass is 32.2. The molecule has 0 amide bonds. The van der Waals surface area contributed by atoms with Gasteiger partial charge in [-0.1, -0.05) is 39.9 Å². The highest BCUT2D eigenvalue weighted by molar-refractivity contribution is 8.00. The van der Waals surface area contributed by atoms with Crippen molar-refractivity contribution in [3.05, 3.63) is 0 Å². The van der Waals surface area contributed by atoms with E-state index in [0.717, 1.165) is 18.9 Å². The number of methoxy groups -OCH3 is 1. The first kappa shape index (κ1) is 5.64. The molecular formula is C13H24O2S. The van der Waals surface area contributed by atoms with Crippen LogP contribution in [0.15, 0.2) is 0 Å². The molecule has 0 aromatic carbocycles. The van der Waals surface area contributed by atoms with Crippen molar-refractivity contribution >= 4 is 17.7 Å². The Bertz CT molecular complexity index is 530. The lowest BCUT2D eigenvalue weighted by Gasteiger charge is -2.36. The smallest absolute Gasteiger partial charge is 0.312 e. The van der Waals surface area contributed by atoms with Crippen molar-refractivity contribution < 1.29 is 21.9 Å². The molecule has 1 saturated carbocycles. The van der Waals surface area contributed by atoms with Gasteiger partial charge in [-0.3, -0.25) is 4.79 Å². The molecule has 0 aromatic rings. The molecule has 1 aliphatic carbocycles. The van der Waals surface area contributed by atoms with Gasteiger partial charge in [-0.25, -0.2) is 0 Å². The fourth-order valence-corrected chi connectivity index (χ4v) is 2.33. The summed E-state index contributed by atoms with van der Waals surface area (Å²) in [7, 11) is 1.05. The molecule has 0 bridgehead atoms. The Hall–Kier alpha value is -0.180. The summed E-state index contributed by atoms with van der Waals surface area (Å²) in [6.45, 7) is 0.522. The minimum Gasteiger partial charge on any atom is -0.469 e. The van der Waals surface area contributed by atoms with E-state index in [2.05, 4.69) is 0 Å². The standard InChI is InChI=1S/C13H24O2S/c1-12(2,3)16-10-13(11(14)15-4)8-6-5-7-9-13/h5-10H2,1-4H3/i1D3,5D2,6D2,8D2. The first-order chi connectivity index (χ1) is 10.9. The highest BCUT2D eigenvalue weighted by Gasteiger charge is 2.41. The average Bonchev–Trinajstić information content (AvgIpc) is 2.43. The number of thioether (sulfide) groups is 1. The summed E-state index contributed by atoms with van der Waals surface area (Å²) in [5, 5.41) is 0. The van der Waals surface area contributed by atoms with Crippen molar-refractivity contribution in [3.8, 4) is 0 Å². The molecule has 0 aromatic heterocycles. The molecule has 0 N–H and O–H groups in total. The quantitative estimate of drug-likeness (QED) is 0.718. The lowest BCUT2D eigenvalue weighted by atomic mass is 9.75. The minimum atomic E-state index is -2.95. The van der Waals surface area contributed by atoms with Crippen LogP contribution in [0.1, 0.15) is 65.0 Å². The molecule has 94 valence electrons. The van der Waals surface area contributed by atoms with Gasteiger partial charge in [0.2, 0.25) is 0 Å². The number of carbonyl (C=O) groups is 1. The van der Waals surface area contributed by atoms with E-state index >= 15 is 0 Å². The Labute approximate surface area is 116 Å². The number of carbonyl (C=O) groups excluding carboxylic acids is 1. The third-order valence-corrected chi connectivity index (χ3v) is 3.68. The summed E-state index contributed by atoms with van der Waals surface area (Å²) in [5.74, 6) is -1.32. The average molecular weight is 253 g/mol. The van der Waals surface area contributed by atoms with E-state index in [4.69, 9.17) is 17.1 Å². The Morgan fingerprint density at radius 2 is 2.38 bits per heavy atom. The summed E-state index contributed by atoms with van der Waals surface area (Å²) >= 11 is 0.845. The second-order valence-electron chi connectivity index (χ2n) is 4.30. The van der Waals surface area contributed by atoms with E-state index in [-0.39, 0.29) is 18.6 Å². The molecule has 2 nitrogen and oxygen atoms in total. The van der Waals surface area contributed by atoms with Crippen LogP contribution in [0.4, 0.5) is 0 Å². The molecule has 0 radical (unpaired) electrons. The zero-order valence-electron chi connectivity index (χ0n) is 18.8. The lowest BCUT2D eigenvalue weighted by molar-refractivity contribution is -0.153. The van der Waals surface area contributed by atoms with Gasteiger partial charge in [0.1, 0.15) is 0 Å². The van der Waals surface area contributed by atoms with Gasteiger partial charge in [0.05, 0.1) is 12.5 Å². The second-order valence-corrected chi connectivity index (χ2v) is 5.90. The minimum absolute atomic E-state index is 0.275. The van der Waals surface area contributed by atoms with Crippen molar-refractivity contribution in [3.63, 3.8) is 0 Å². The van der Waals surface area contributed by atoms with Crippen molar-refractivity contribution in [1.29, 1.82) is 0 Å². The molecule has 0 heterocycles. The molecular weight excluding hydrogens is 220 g/mol. The Balaban J connectivity index is 3.37. The van der Waals surface area contributed by atoms with Gasteiger partial charge < -0.3 is 4.74 Å². The van der Waals surface area contributed by atoms with Gasteiger partial charge in [0.15, 0.2) is 0 Å². The van der Waals surface area contributed by atoms with Gasteiger partial charge >= 0.3 is 5.97 Å². The van der Waals surface area contributed by atoms with Gasteiger partial charge in [0.25, 0.3) is 0 Å². The van der Waals surface area contributed by atoms with Gasteiger partial charge in [-0.05, 0) is 12.8 Å². The lowest BCUT2D eigenvalue weighted by Crippen LogP contribution is -2.38. The zero-order chi connectivity index (χ0) is 20.1. The third-order valence-electron chi connectivity index (χ3n) is 2.32. The van der Waals surface area contributed by atoms with E-state index < -0.39 is 42.1 Å². The fourth-order valence-electron chi connectivity index (χ4n) is 1.38. The van der Waals surface area contributed by atoms with Gasteiger partial charge in [-0.2, -0.15) is 11.8 Å². The van der Waals surface area contributed by atoms with Crippen LogP contribution in [-0.2, 0) is 9.53 Å². The van der Waals surface area contributed by atoms with Crippen LogP contribution in [0.3, 0.4) is 0 Å². The zero-order valence-corrected chi connectivity index (χ0v) is 10.7. The number of rotatable bonds is 3. The van der Waals surface area contributed by atoms with Crippen LogP contribution in [-0.4, -0.2) is 23.6 Å². The van der Waals surface area contributed by atoms with Crippen LogP contribution in [0, 0.1) is 5.41 Å². The molecule has 1 aliphatic rings. The molecule has 3 heteroatoms. The van der Waals surface area contributed by atoms with Crippen molar-refractivity contribution in [1.82, 2.24) is 0 Å². The molecule has 0 spiro atoms. The van der Waals surface area contributed by atoms with Crippen LogP contribution < -0.4 is 0 Å². The summed E-state index contributed by atoms with van der Waals surface area (Å²) < 4.78 is 74.4. The van der Waals surface area contributed by atoms with E-state index in [9.17, 15) is 4.79 Å². The molecule has 1 atom stereocenters. The third kappa shape index (κ3) is 3.69.